The van der Waals surface area contributed by atoms with Crippen LogP contribution in [0.1, 0.15) is 0 Å². The van der Waals surface area contributed by atoms with E-state index in [0.29, 0.717) is 0 Å². The minimum Gasteiger partial charge on any atom is -0.481 e. The Kier molecular flexibility index (Phi) is 4.28. The Balaban J connectivity index is 4.67. The standard InChI is InChI=1S/C5H5Cl2F3O3/c6-3(7)1(4(11)12)2(8)5(9,10)13/h1-3,13H,(H,11,12). The minimum absolute atomic E-state index is 1.87. The Morgan fingerprint density at radius 1 is 1.38 bits per heavy atom. The van der Waals surface area contributed by atoms with Crippen molar-refractivity contribution < 1.29 is 28.2 Å². The molecule has 0 aromatic carbocycles. The van der Waals surface area contributed by atoms with E-state index in [2.05, 4.69) is 0 Å². The summed E-state index contributed by atoms with van der Waals surface area (Å²) >= 11 is 9.88. The van der Waals surface area contributed by atoms with Crippen molar-refractivity contribution in [1.82, 2.24) is 0 Å². The van der Waals surface area contributed by atoms with Crippen molar-refractivity contribution in [3.8, 4) is 0 Å². The summed E-state index contributed by atoms with van der Waals surface area (Å²) in [5, 5.41) is 16.1. The number of halogens is 5. The average Bonchev–Trinajstić information content (AvgIpc) is 1.82. The maximum atomic E-state index is 12.5. The van der Waals surface area contributed by atoms with Gasteiger partial charge in [0.25, 0.3) is 0 Å². The molecular weight excluding hydrogens is 236 g/mol. The van der Waals surface area contributed by atoms with Gasteiger partial charge in [-0.05, 0) is 0 Å². The second-order valence-corrected chi connectivity index (χ2v) is 3.35. The highest BCUT2D eigenvalue weighted by Gasteiger charge is 2.49. The van der Waals surface area contributed by atoms with Gasteiger partial charge in [0.15, 0.2) is 0 Å². The molecule has 0 saturated carbocycles. The molecule has 8 heteroatoms. The van der Waals surface area contributed by atoms with Crippen molar-refractivity contribution in [2.45, 2.75) is 17.1 Å². The summed E-state index contributed by atoms with van der Waals surface area (Å²) in [5.74, 6) is -4.32. The highest BCUT2D eigenvalue weighted by atomic mass is 35.5. The predicted octanol–water partition coefficient (Wildman–Crippen LogP) is 1.41. The lowest BCUT2D eigenvalue weighted by Gasteiger charge is -2.21. The van der Waals surface area contributed by atoms with Crippen molar-refractivity contribution >= 4 is 29.2 Å². The molecule has 0 spiro atoms. The number of hydrogen-bond acceptors (Lipinski definition) is 2. The van der Waals surface area contributed by atoms with Gasteiger partial charge in [0.05, 0.1) is 0 Å². The number of carboxylic acid groups (broad SMARTS) is 1. The number of carbonyl (C=O) groups is 1. The van der Waals surface area contributed by atoms with Crippen LogP contribution in [0.4, 0.5) is 13.2 Å². The largest absolute Gasteiger partial charge is 0.481 e. The van der Waals surface area contributed by atoms with Gasteiger partial charge in [-0.2, -0.15) is 8.78 Å². The van der Waals surface area contributed by atoms with Crippen LogP contribution in [0.2, 0.25) is 0 Å². The van der Waals surface area contributed by atoms with E-state index in [1.54, 1.807) is 0 Å². The zero-order chi connectivity index (χ0) is 10.8. The molecule has 2 atom stereocenters. The maximum absolute atomic E-state index is 12.5. The lowest BCUT2D eigenvalue weighted by Crippen LogP contribution is -2.42. The number of alkyl halides is 5. The molecule has 0 aliphatic heterocycles. The van der Waals surface area contributed by atoms with Crippen molar-refractivity contribution in [3.63, 3.8) is 0 Å². The second-order valence-electron chi connectivity index (χ2n) is 2.19. The van der Waals surface area contributed by atoms with Crippen molar-refractivity contribution in [2.75, 3.05) is 0 Å². The molecule has 0 heterocycles. The van der Waals surface area contributed by atoms with Crippen LogP contribution in [0.25, 0.3) is 0 Å². The summed E-state index contributed by atoms with van der Waals surface area (Å²) in [7, 11) is 0. The lowest BCUT2D eigenvalue weighted by atomic mass is 10.1. The van der Waals surface area contributed by atoms with E-state index in [4.69, 9.17) is 33.4 Å². The third-order valence-corrected chi connectivity index (χ3v) is 1.75. The number of aliphatic hydroxyl groups is 1. The highest BCUT2D eigenvalue weighted by Crippen LogP contribution is 2.30. The fourth-order valence-corrected chi connectivity index (χ4v) is 1.05. The SMILES string of the molecule is O=C(O)C(C(Cl)Cl)C(F)C(O)(F)F. The van der Waals surface area contributed by atoms with Crippen LogP contribution in [0, 0.1) is 5.92 Å². The molecule has 0 aliphatic rings. The van der Waals surface area contributed by atoms with Gasteiger partial charge in [-0.1, -0.05) is 0 Å². The molecule has 2 N–H and O–H groups in total. The molecule has 0 fully saturated rings. The molecule has 0 radical (unpaired) electrons. The Morgan fingerprint density at radius 2 is 1.77 bits per heavy atom. The molecule has 0 aromatic heterocycles. The Bertz CT molecular complexity index is 194. The fourth-order valence-electron chi connectivity index (χ4n) is 0.577. The molecule has 0 bridgehead atoms. The molecule has 0 rings (SSSR count). The van der Waals surface area contributed by atoms with Crippen LogP contribution >= 0.6 is 23.2 Å². The zero-order valence-corrected chi connectivity index (χ0v) is 7.44. The van der Waals surface area contributed by atoms with Crippen LogP contribution in [0.5, 0.6) is 0 Å². The fraction of sp³-hybridized carbons (Fsp3) is 0.800. The van der Waals surface area contributed by atoms with Crippen molar-refractivity contribution in [1.29, 1.82) is 0 Å². The molecule has 78 valence electrons. The Hall–Kier alpha value is -0.200. The summed E-state index contributed by atoms with van der Waals surface area (Å²) in [6.45, 7) is 0. The maximum Gasteiger partial charge on any atom is 0.385 e. The first kappa shape index (κ1) is 12.8. The first-order valence-electron chi connectivity index (χ1n) is 2.93. The number of rotatable bonds is 4. The molecule has 0 aromatic rings. The van der Waals surface area contributed by atoms with Gasteiger partial charge in [0, 0.05) is 0 Å². The lowest BCUT2D eigenvalue weighted by molar-refractivity contribution is -0.251. The summed E-state index contributed by atoms with van der Waals surface area (Å²) in [6, 6.07) is 0. The topological polar surface area (TPSA) is 57.5 Å². The second kappa shape index (κ2) is 4.34. The predicted molar refractivity (Wildman–Crippen MR) is 38.7 cm³/mol. The van der Waals surface area contributed by atoms with Crippen LogP contribution in [0.3, 0.4) is 0 Å². The van der Waals surface area contributed by atoms with Crippen LogP contribution in [-0.2, 0) is 4.79 Å². The van der Waals surface area contributed by atoms with Gasteiger partial charge in [-0.3, -0.25) is 4.79 Å². The number of carboxylic acids is 1. The summed E-state index contributed by atoms with van der Waals surface area (Å²) < 4.78 is 36.3. The van der Waals surface area contributed by atoms with Gasteiger partial charge in [-0.25, -0.2) is 4.39 Å². The van der Waals surface area contributed by atoms with Crippen LogP contribution < -0.4 is 0 Å². The third-order valence-electron chi connectivity index (χ3n) is 1.20. The van der Waals surface area contributed by atoms with E-state index in [1.807, 2.05) is 0 Å². The summed E-state index contributed by atoms with van der Waals surface area (Å²) in [6.07, 6.45) is -8.12. The van der Waals surface area contributed by atoms with E-state index in [0.717, 1.165) is 0 Å². The first-order valence-corrected chi connectivity index (χ1v) is 3.80. The van der Waals surface area contributed by atoms with E-state index in [9.17, 15) is 18.0 Å². The number of hydrogen-bond donors (Lipinski definition) is 2. The zero-order valence-electron chi connectivity index (χ0n) is 5.92. The molecule has 0 saturated heterocycles. The van der Waals surface area contributed by atoms with E-state index in [-0.39, 0.29) is 0 Å². The Labute approximate surface area is 81.1 Å². The molecule has 2 unspecified atom stereocenters. The summed E-state index contributed by atoms with van der Waals surface area (Å²) in [4.78, 5) is 8.31. The molecular formula is C5H5Cl2F3O3. The van der Waals surface area contributed by atoms with Gasteiger partial charge in [-0.15, -0.1) is 23.2 Å². The van der Waals surface area contributed by atoms with Crippen molar-refractivity contribution in [3.05, 3.63) is 0 Å². The highest BCUT2D eigenvalue weighted by molar-refractivity contribution is 6.45. The summed E-state index contributed by atoms with van der Waals surface area (Å²) in [5.41, 5.74) is 0. The van der Waals surface area contributed by atoms with Crippen LogP contribution in [0.15, 0.2) is 0 Å². The third kappa shape index (κ3) is 3.58. The molecule has 13 heavy (non-hydrogen) atoms. The van der Waals surface area contributed by atoms with E-state index in [1.165, 1.54) is 0 Å². The smallest absolute Gasteiger partial charge is 0.385 e. The monoisotopic (exact) mass is 240 g/mol. The minimum atomic E-state index is -4.77. The molecule has 0 amide bonds. The normalized spacial score (nSPS) is 17.2. The van der Waals surface area contributed by atoms with E-state index < -0.39 is 29.0 Å². The average molecular weight is 241 g/mol. The van der Waals surface area contributed by atoms with Gasteiger partial charge < -0.3 is 10.2 Å². The van der Waals surface area contributed by atoms with Gasteiger partial charge >= 0.3 is 12.1 Å². The van der Waals surface area contributed by atoms with Gasteiger partial charge in [0.2, 0.25) is 6.17 Å². The Morgan fingerprint density at radius 3 is 1.85 bits per heavy atom. The van der Waals surface area contributed by atoms with Gasteiger partial charge in [0.1, 0.15) is 10.8 Å². The quantitative estimate of drug-likeness (QED) is 0.731. The van der Waals surface area contributed by atoms with E-state index >= 15 is 0 Å². The number of aliphatic carboxylic acids is 1. The van der Waals surface area contributed by atoms with Crippen molar-refractivity contribution in [2.24, 2.45) is 5.92 Å². The molecule has 3 nitrogen and oxygen atoms in total. The molecule has 0 aliphatic carbocycles. The van der Waals surface area contributed by atoms with Crippen LogP contribution in [-0.4, -0.2) is 33.3 Å². The first-order chi connectivity index (χ1) is 5.68.